The molecule has 0 amide bonds. The summed E-state index contributed by atoms with van der Waals surface area (Å²) >= 11 is 0. The number of ether oxygens (including phenoxy) is 2. The van der Waals surface area contributed by atoms with Gasteiger partial charge in [-0.2, -0.15) is 0 Å². The molecule has 0 unspecified atom stereocenters. The Kier molecular flexibility index (Phi) is 10.9. The molecule has 1 rings (SSSR count). The second kappa shape index (κ2) is 12.6. The highest BCUT2D eigenvalue weighted by molar-refractivity contribution is 5.08. The molecule has 0 atom stereocenters. The molecule has 126 valence electrons. The van der Waals surface area contributed by atoms with Gasteiger partial charge >= 0.3 is 0 Å². The lowest BCUT2D eigenvalue weighted by molar-refractivity contribution is 0.0510. The first kappa shape index (κ1) is 19.1. The van der Waals surface area contributed by atoms with Gasteiger partial charge in [-0.3, -0.25) is 9.88 Å². The highest BCUT2D eigenvalue weighted by Crippen LogP contribution is 2.09. The van der Waals surface area contributed by atoms with Crippen LogP contribution >= 0.6 is 0 Å². The Morgan fingerprint density at radius 2 is 1.91 bits per heavy atom. The van der Waals surface area contributed by atoms with Crippen LogP contribution in [0, 0.1) is 0 Å². The summed E-state index contributed by atoms with van der Waals surface area (Å²) in [5.74, 6) is 0. The average Bonchev–Trinajstić information content (AvgIpc) is 2.53. The highest BCUT2D eigenvalue weighted by Gasteiger charge is 2.09. The molecule has 0 saturated carbocycles. The first-order valence-electron chi connectivity index (χ1n) is 8.52. The summed E-state index contributed by atoms with van der Waals surface area (Å²) in [5.41, 5.74) is 1.29. The second-order valence-corrected chi connectivity index (χ2v) is 5.80. The Bertz CT molecular complexity index is 357. The fraction of sp³-hybridized carbons (Fsp3) is 0.722. The number of hydrogen-bond acceptors (Lipinski definition) is 4. The number of unbranched alkanes of at least 4 members (excludes halogenated alkanes) is 2. The van der Waals surface area contributed by atoms with E-state index in [9.17, 15) is 0 Å². The fourth-order valence-electron chi connectivity index (χ4n) is 2.31. The monoisotopic (exact) mass is 308 g/mol. The lowest BCUT2D eigenvalue weighted by Gasteiger charge is -2.26. The maximum Gasteiger partial charge on any atom is 0.0700 e. The van der Waals surface area contributed by atoms with Crippen molar-refractivity contribution in [2.45, 2.75) is 52.6 Å². The molecule has 0 aliphatic carbocycles. The molecule has 0 aromatic carbocycles. The molecule has 0 N–H and O–H groups in total. The lowest BCUT2D eigenvalue weighted by atomic mass is 10.2. The number of pyridine rings is 1. The van der Waals surface area contributed by atoms with E-state index < -0.39 is 0 Å². The van der Waals surface area contributed by atoms with Gasteiger partial charge in [0.05, 0.1) is 13.2 Å². The summed E-state index contributed by atoms with van der Waals surface area (Å²) in [6.07, 6.45) is 7.35. The van der Waals surface area contributed by atoms with Gasteiger partial charge in [0.1, 0.15) is 0 Å². The third-order valence-corrected chi connectivity index (χ3v) is 3.65. The lowest BCUT2D eigenvalue weighted by Crippen LogP contribution is -2.31. The molecule has 1 heterocycles. The largest absolute Gasteiger partial charge is 0.379 e. The molecule has 0 aliphatic heterocycles. The summed E-state index contributed by atoms with van der Waals surface area (Å²) < 4.78 is 10.8. The van der Waals surface area contributed by atoms with Crippen LogP contribution in [0.3, 0.4) is 0 Å². The Balaban J connectivity index is 2.09. The van der Waals surface area contributed by atoms with E-state index in [0.29, 0.717) is 19.3 Å². The molecular formula is C18H32N2O2. The van der Waals surface area contributed by atoms with Crippen LogP contribution in [0.2, 0.25) is 0 Å². The Morgan fingerprint density at radius 3 is 2.59 bits per heavy atom. The third-order valence-electron chi connectivity index (χ3n) is 3.65. The molecule has 22 heavy (non-hydrogen) atoms. The summed E-state index contributed by atoms with van der Waals surface area (Å²) in [6.45, 7) is 11.7. The maximum atomic E-state index is 5.54. The fourth-order valence-corrected chi connectivity index (χ4v) is 2.31. The molecular weight excluding hydrogens is 276 g/mol. The van der Waals surface area contributed by atoms with E-state index in [1.54, 1.807) is 0 Å². The van der Waals surface area contributed by atoms with Crippen LogP contribution in [0.1, 0.15) is 45.6 Å². The minimum atomic E-state index is 0.558. The number of rotatable bonds is 13. The van der Waals surface area contributed by atoms with Crippen LogP contribution in [-0.2, 0) is 16.0 Å². The minimum Gasteiger partial charge on any atom is -0.379 e. The highest BCUT2D eigenvalue weighted by atomic mass is 16.5. The van der Waals surface area contributed by atoms with Gasteiger partial charge in [0, 0.05) is 38.2 Å². The van der Waals surface area contributed by atoms with Crippen molar-refractivity contribution in [1.29, 1.82) is 0 Å². The van der Waals surface area contributed by atoms with Gasteiger partial charge in [-0.1, -0.05) is 6.07 Å². The number of aromatic nitrogens is 1. The summed E-state index contributed by atoms with van der Waals surface area (Å²) in [5, 5.41) is 0. The van der Waals surface area contributed by atoms with Crippen LogP contribution in [0.25, 0.3) is 0 Å². The van der Waals surface area contributed by atoms with Crippen molar-refractivity contribution in [3.63, 3.8) is 0 Å². The smallest absolute Gasteiger partial charge is 0.0700 e. The third kappa shape index (κ3) is 9.13. The zero-order valence-corrected chi connectivity index (χ0v) is 14.5. The summed E-state index contributed by atoms with van der Waals surface area (Å²) in [7, 11) is 0. The van der Waals surface area contributed by atoms with Crippen molar-refractivity contribution in [1.82, 2.24) is 9.88 Å². The average molecular weight is 308 g/mol. The molecule has 1 aromatic heterocycles. The minimum absolute atomic E-state index is 0.558. The standard InChI is InChI=1S/C18H32N2O2/c1-4-21-13-14-22-12-7-5-6-11-20(17(2)3)16-18-9-8-10-19-15-18/h8-10,15,17H,4-7,11-14,16H2,1-3H3. The first-order valence-corrected chi connectivity index (χ1v) is 8.52. The van der Waals surface area contributed by atoms with E-state index in [2.05, 4.69) is 29.8 Å². The second-order valence-electron chi connectivity index (χ2n) is 5.80. The van der Waals surface area contributed by atoms with E-state index in [4.69, 9.17) is 9.47 Å². The van der Waals surface area contributed by atoms with Crippen molar-refractivity contribution in [3.05, 3.63) is 30.1 Å². The van der Waals surface area contributed by atoms with E-state index in [-0.39, 0.29) is 0 Å². The Hall–Kier alpha value is -0.970. The van der Waals surface area contributed by atoms with Gasteiger partial charge in [0.2, 0.25) is 0 Å². The van der Waals surface area contributed by atoms with Gasteiger partial charge < -0.3 is 9.47 Å². The SMILES string of the molecule is CCOCCOCCCCCN(Cc1cccnc1)C(C)C. The molecule has 0 fully saturated rings. The molecule has 4 heteroatoms. The molecule has 0 spiro atoms. The van der Waals surface area contributed by atoms with Crippen LogP contribution in [0.5, 0.6) is 0 Å². The van der Waals surface area contributed by atoms with Crippen molar-refractivity contribution in [3.8, 4) is 0 Å². The van der Waals surface area contributed by atoms with Crippen LogP contribution in [-0.4, -0.2) is 48.9 Å². The van der Waals surface area contributed by atoms with E-state index in [0.717, 1.165) is 32.7 Å². The molecule has 0 bridgehead atoms. The first-order chi connectivity index (χ1) is 10.7. The summed E-state index contributed by atoms with van der Waals surface area (Å²) in [4.78, 5) is 6.70. The quantitative estimate of drug-likeness (QED) is 0.522. The van der Waals surface area contributed by atoms with Gasteiger partial charge in [-0.25, -0.2) is 0 Å². The molecule has 0 radical (unpaired) electrons. The number of hydrogen-bond donors (Lipinski definition) is 0. The summed E-state index contributed by atoms with van der Waals surface area (Å²) in [6, 6.07) is 4.71. The van der Waals surface area contributed by atoms with Crippen molar-refractivity contribution in [2.24, 2.45) is 0 Å². The van der Waals surface area contributed by atoms with Crippen LogP contribution in [0.4, 0.5) is 0 Å². The van der Waals surface area contributed by atoms with Gasteiger partial charge in [0.15, 0.2) is 0 Å². The van der Waals surface area contributed by atoms with E-state index in [1.165, 1.54) is 18.4 Å². The Labute approximate surface area is 135 Å². The van der Waals surface area contributed by atoms with E-state index in [1.807, 2.05) is 25.4 Å². The van der Waals surface area contributed by atoms with Gasteiger partial charge in [0.25, 0.3) is 0 Å². The van der Waals surface area contributed by atoms with Crippen molar-refractivity contribution >= 4 is 0 Å². The topological polar surface area (TPSA) is 34.6 Å². The predicted octanol–water partition coefficient (Wildman–Crippen LogP) is 3.52. The Morgan fingerprint density at radius 1 is 1.09 bits per heavy atom. The van der Waals surface area contributed by atoms with Crippen LogP contribution in [0.15, 0.2) is 24.5 Å². The maximum absolute atomic E-state index is 5.54. The van der Waals surface area contributed by atoms with Crippen LogP contribution < -0.4 is 0 Å². The normalized spacial score (nSPS) is 11.5. The molecule has 4 nitrogen and oxygen atoms in total. The van der Waals surface area contributed by atoms with E-state index >= 15 is 0 Å². The zero-order valence-electron chi connectivity index (χ0n) is 14.5. The van der Waals surface area contributed by atoms with Crippen molar-refractivity contribution in [2.75, 3.05) is 33.0 Å². The van der Waals surface area contributed by atoms with Gasteiger partial charge in [-0.15, -0.1) is 0 Å². The predicted molar refractivity (Wildman–Crippen MR) is 90.9 cm³/mol. The molecule has 0 aliphatic rings. The zero-order chi connectivity index (χ0) is 16.0. The molecule has 1 aromatic rings. The van der Waals surface area contributed by atoms with Gasteiger partial charge in [-0.05, 0) is 58.2 Å². The van der Waals surface area contributed by atoms with Crippen molar-refractivity contribution < 1.29 is 9.47 Å². The number of nitrogens with zero attached hydrogens (tertiary/aromatic N) is 2. The molecule has 0 saturated heterocycles.